The van der Waals surface area contributed by atoms with E-state index in [1.54, 1.807) is 0 Å². The predicted octanol–water partition coefficient (Wildman–Crippen LogP) is 3.09. The number of nitrogens with zero attached hydrogens (tertiary/aromatic N) is 3. The number of nitrogens with one attached hydrogen (secondary N) is 2. The maximum Gasteiger partial charge on any atom is 0.317 e. The van der Waals surface area contributed by atoms with Gasteiger partial charge in [0.15, 0.2) is 0 Å². The van der Waals surface area contributed by atoms with Gasteiger partial charge in [0.05, 0.1) is 0 Å². The van der Waals surface area contributed by atoms with Gasteiger partial charge in [0.1, 0.15) is 5.01 Å². The first kappa shape index (κ1) is 18.3. The van der Waals surface area contributed by atoms with Crippen LogP contribution in [0.5, 0.6) is 0 Å². The van der Waals surface area contributed by atoms with Gasteiger partial charge in [-0.15, -0.1) is 10.2 Å². The number of benzene rings is 1. The fourth-order valence-corrected chi connectivity index (χ4v) is 3.78. The fourth-order valence-electron chi connectivity index (χ4n) is 2.87. The van der Waals surface area contributed by atoms with Crippen LogP contribution in [0, 0.1) is 0 Å². The van der Waals surface area contributed by atoms with E-state index in [4.69, 9.17) is 0 Å². The summed E-state index contributed by atoms with van der Waals surface area (Å²) >= 11 is 1.34. The van der Waals surface area contributed by atoms with Crippen LogP contribution in [-0.2, 0) is 0 Å². The molecule has 1 aliphatic heterocycles. The number of aromatic nitrogens is 2. The predicted molar refractivity (Wildman–Crippen MR) is 102 cm³/mol. The molecule has 0 aliphatic carbocycles. The van der Waals surface area contributed by atoms with Crippen molar-refractivity contribution in [3.8, 4) is 0 Å². The minimum Gasteiger partial charge on any atom is -0.338 e. The average Bonchev–Trinajstić information content (AvgIpc) is 3.17. The molecular formula is C18H23N5O2S. The van der Waals surface area contributed by atoms with Gasteiger partial charge in [-0.2, -0.15) is 0 Å². The smallest absolute Gasteiger partial charge is 0.317 e. The van der Waals surface area contributed by atoms with Gasteiger partial charge < -0.3 is 15.5 Å². The molecule has 1 aliphatic rings. The van der Waals surface area contributed by atoms with Crippen LogP contribution in [0.2, 0.25) is 0 Å². The second kappa shape index (κ2) is 8.75. The summed E-state index contributed by atoms with van der Waals surface area (Å²) in [5, 5.41) is 15.2. The number of hydrogen-bond acceptors (Lipinski definition) is 5. The molecule has 2 heterocycles. The van der Waals surface area contributed by atoms with E-state index in [-0.39, 0.29) is 17.9 Å². The van der Waals surface area contributed by atoms with Crippen molar-refractivity contribution in [3.63, 3.8) is 0 Å². The van der Waals surface area contributed by atoms with Gasteiger partial charge in [0.2, 0.25) is 5.01 Å². The third-order valence-electron chi connectivity index (χ3n) is 4.32. The number of carbonyl (C=O) groups excluding carboxylic acids is 2. The molecule has 26 heavy (non-hydrogen) atoms. The summed E-state index contributed by atoms with van der Waals surface area (Å²) in [6.07, 6.45) is 2.61. The molecule has 2 aromatic rings. The largest absolute Gasteiger partial charge is 0.338 e. The monoisotopic (exact) mass is 373 g/mol. The van der Waals surface area contributed by atoms with E-state index in [0.717, 1.165) is 30.0 Å². The molecule has 3 amide bonds. The van der Waals surface area contributed by atoms with Crippen molar-refractivity contribution in [2.24, 2.45) is 0 Å². The van der Waals surface area contributed by atoms with E-state index in [1.165, 1.54) is 11.3 Å². The highest BCUT2D eigenvalue weighted by molar-refractivity contribution is 7.13. The number of piperidine rings is 1. The molecule has 7 nitrogen and oxygen atoms in total. The van der Waals surface area contributed by atoms with Crippen LogP contribution in [0.3, 0.4) is 0 Å². The number of hydrogen-bond donors (Lipinski definition) is 2. The fraction of sp³-hybridized carbons (Fsp3) is 0.444. The molecule has 0 unspecified atom stereocenters. The Bertz CT molecular complexity index is 741. The van der Waals surface area contributed by atoms with Crippen molar-refractivity contribution in [1.29, 1.82) is 0 Å². The first-order valence-corrected chi connectivity index (χ1v) is 9.71. The highest BCUT2D eigenvalue weighted by Crippen LogP contribution is 2.30. The molecular weight excluding hydrogens is 350 g/mol. The van der Waals surface area contributed by atoms with Crippen molar-refractivity contribution < 1.29 is 9.59 Å². The number of anilines is 1. The molecule has 1 saturated heterocycles. The lowest BCUT2D eigenvalue weighted by atomic mass is 9.98. The van der Waals surface area contributed by atoms with Crippen LogP contribution in [0.15, 0.2) is 30.3 Å². The highest BCUT2D eigenvalue weighted by Gasteiger charge is 2.26. The van der Waals surface area contributed by atoms with Crippen LogP contribution in [-0.4, -0.2) is 46.7 Å². The van der Waals surface area contributed by atoms with Crippen LogP contribution in [0.1, 0.15) is 46.9 Å². The first-order valence-electron chi connectivity index (χ1n) is 8.90. The Morgan fingerprint density at radius 3 is 2.62 bits per heavy atom. The normalized spacial score (nSPS) is 14.9. The molecule has 1 fully saturated rings. The summed E-state index contributed by atoms with van der Waals surface area (Å²) in [5.41, 5.74) is 0.737. The summed E-state index contributed by atoms with van der Waals surface area (Å²) in [5.74, 6) is 0.0114. The Kier molecular flexibility index (Phi) is 6.17. The van der Waals surface area contributed by atoms with Gasteiger partial charge in [-0.1, -0.05) is 36.5 Å². The minimum atomic E-state index is -0.240. The Labute approximate surface area is 156 Å². The number of amides is 3. The van der Waals surface area contributed by atoms with Gasteiger partial charge in [-0.3, -0.25) is 4.79 Å². The van der Waals surface area contributed by atoms with Crippen molar-refractivity contribution in [3.05, 3.63) is 40.3 Å². The maximum absolute atomic E-state index is 12.3. The number of likely N-dealkylation sites (tertiary alicyclic amines) is 1. The van der Waals surface area contributed by atoms with Gasteiger partial charge in [-0.05, 0) is 31.4 Å². The van der Waals surface area contributed by atoms with Crippen molar-refractivity contribution >= 4 is 29.0 Å². The Hall–Kier alpha value is -2.48. The van der Waals surface area contributed by atoms with E-state index in [1.807, 2.05) is 42.2 Å². The van der Waals surface area contributed by atoms with Gasteiger partial charge in [0, 0.05) is 31.2 Å². The molecule has 0 bridgehead atoms. The second-order valence-corrected chi connectivity index (χ2v) is 7.27. The zero-order valence-electron chi connectivity index (χ0n) is 14.8. The van der Waals surface area contributed by atoms with Crippen LogP contribution in [0.25, 0.3) is 0 Å². The molecule has 3 rings (SSSR count). The topological polar surface area (TPSA) is 87.2 Å². The third kappa shape index (κ3) is 4.57. The van der Waals surface area contributed by atoms with Crippen molar-refractivity contribution in [1.82, 2.24) is 20.4 Å². The highest BCUT2D eigenvalue weighted by atomic mass is 32.1. The average molecular weight is 373 g/mol. The van der Waals surface area contributed by atoms with Crippen molar-refractivity contribution in [2.75, 3.05) is 25.0 Å². The Morgan fingerprint density at radius 1 is 1.19 bits per heavy atom. The molecule has 8 heteroatoms. The van der Waals surface area contributed by atoms with E-state index in [2.05, 4.69) is 20.8 Å². The van der Waals surface area contributed by atoms with Gasteiger partial charge >= 0.3 is 6.03 Å². The van der Waals surface area contributed by atoms with E-state index in [0.29, 0.717) is 24.6 Å². The molecule has 138 valence electrons. The summed E-state index contributed by atoms with van der Waals surface area (Å²) < 4.78 is 0. The van der Waals surface area contributed by atoms with E-state index >= 15 is 0 Å². The number of urea groups is 1. The van der Waals surface area contributed by atoms with Gasteiger partial charge in [0.25, 0.3) is 5.91 Å². The van der Waals surface area contributed by atoms with Crippen LogP contribution in [0.4, 0.5) is 10.5 Å². The molecule has 1 aromatic heterocycles. The molecule has 0 radical (unpaired) electrons. The number of para-hydroxylation sites is 1. The minimum absolute atomic E-state index is 0.00508. The molecule has 0 saturated carbocycles. The summed E-state index contributed by atoms with van der Waals surface area (Å²) in [7, 11) is 0. The van der Waals surface area contributed by atoms with Crippen LogP contribution < -0.4 is 10.6 Å². The lowest BCUT2D eigenvalue weighted by molar-refractivity contribution is 0.102. The zero-order valence-corrected chi connectivity index (χ0v) is 15.6. The Morgan fingerprint density at radius 2 is 1.92 bits per heavy atom. The standard InChI is InChI=1S/C18H23N5O2S/c1-2-10-19-18(25)23-11-8-13(9-12-23)16-21-22-17(26-16)15(24)20-14-6-4-3-5-7-14/h3-7,13H,2,8-12H2,1H3,(H,19,25)(H,20,24). The summed E-state index contributed by atoms with van der Waals surface area (Å²) in [4.78, 5) is 26.1. The second-order valence-electron chi connectivity index (χ2n) is 6.26. The Balaban J connectivity index is 1.54. The maximum atomic E-state index is 12.3. The van der Waals surface area contributed by atoms with E-state index in [9.17, 15) is 9.59 Å². The van der Waals surface area contributed by atoms with E-state index < -0.39 is 0 Å². The molecule has 2 N–H and O–H groups in total. The van der Waals surface area contributed by atoms with Gasteiger partial charge in [-0.25, -0.2) is 4.79 Å². The SMILES string of the molecule is CCCNC(=O)N1CCC(c2nnc(C(=O)Nc3ccccc3)s2)CC1. The number of carbonyl (C=O) groups is 2. The zero-order chi connectivity index (χ0) is 18.4. The molecule has 1 aromatic carbocycles. The molecule has 0 spiro atoms. The van der Waals surface area contributed by atoms with Crippen molar-refractivity contribution in [2.45, 2.75) is 32.1 Å². The van der Waals surface area contributed by atoms with Crippen LogP contribution >= 0.6 is 11.3 Å². The summed E-state index contributed by atoms with van der Waals surface area (Å²) in [6.45, 7) is 4.14. The lowest BCUT2D eigenvalue weighted by Gasteiger charge is -2.30. The third-order valence-corrected chi connectivity index (χ3v) is 5.41. The number of rotatable bonds is 5. The lowest BCUT2D eigenvalue weighted by Crippen LogP contribution is -2.44. The quantitative estimate of drug-likeness (QED) is 0.843. The summed E-state index contributed by atoms with van der Waals surface area (Å²) in [6, 6.07) is 9.30. The first-order chi connectivity index (χ1) is 12.7. The molecule has 0 atom stereocenters.